The summed E-state index contributed by atoms with van der Waals surface area (Å²) in [7, 11) is 0. The molecule has 1 N–H and O–H groups in total. The largest absolute Gasteiger partial charge is 0.355 e. The van der Waals surface area contributed by atoms with Crippen LogP contribution in [0.5, 0.6) is 0 Å². The van der Waals surface area contributed by atoms with Crippen LogP contribution in [0.25, 0.3) is 0 Å². The predicted octanol–water partition coefficient (Wildman–Crippen LogP) is 1.22. The van der Waals surface area contributed by atoms with E-state index in [0.29, 0.717) is 0 Å². The van der Waals surface area contributed by atoms with E-state index in [4.69, 9.17) is 6.42 Å². The molecule has 0 aromatic carbocycles. The summed E-state index contributed by atoms with van der Waals surface area (Å²) in [6, 6.07) is -0.0135. The molecule has 0 amide bonds. The third kappa shape index (κ3) is 1.96. The van der Waals surface area contributed by atoms with Crippen LogP contribution in [0.4, 0.5) is 5.82 Å². The van der Waals surface area contributed by atoms with Crippen LogP contribution in [0, 0.1) is 19.3 Å². The van der Waals surface area contributed by atoms with Crippen LogP contribution >= 0.6 is 0 Å². The standard InChI is InChI=1S/C9H11N3/c1-4-7(2)12-9-8(3)10-5-6-11-9/h1,5-7H,2-3H3,(H,11,12). The monoisotopic (exact) mass is 161 g/mol. The first-order chi connectivity index (χ1) is 5.74. The molecule has 0 spiro atoms. The first-order valence-electron chi connectivity index (χ1n) is 3.74. The molecular weight excluding hydrogens is 150 g/mol. The molecule has 1 unspecified atom stereocenters. The Morgan fingerprint density at radius 2 is 2.17 bits per heavy atom. The fraction of sp³-hybridized carbons (Fsp3) is 0.333. The highest BCUT2D eigenvalue weighted by Gasteiger charge is 2.01. The van der Waals surface area contributed by atoms with Crippen molar-refractivity contribution in [1.29, 1.82) is 0 Å². The normalized spacial score (nSPS) is 11.8. The van der Waals surface area contributed by atoms with Gasteiger partial charge in [0.1, 0.15) is 5.82 Å². The Morgan fingerprint density at radius 3 is 2.75 bits per heavy atom. The number of hydrogen-bond donors (Lipinski definition) is 1. The second kappa shape index (κ2) is 3.72. The number of aryl methyl sites for hydroxylation is 1. The highest BCUT2D eigenvalue weighted by atomic mass is 15.0. The summed E-state index contributed by atoms with van der Waals surface area (Å²) in [6.45, 7) is 3.78. The summed E-state index contributed by atoms with van der Waals surface area (Å²) in [4.78, 5) is 8.17. The van der Waals surface area contributed by atoms with E-state index in [2.05, 4.69) is 21.2 Å². The van der Waals surface area contributed by atoms with Crippen molar-refractivity contribution in [3.63, 3.8) is 0 Å². The highest BCUT2D eigenvalue weighted by Crippen LogP contribution is 2.06. The Hall–Kier alpha value is -1.56. The van der Waals surface area contributed by atoms with Gasteiger partial charge in [-0.15, -0.1) is 6.42 Å². The lowest BCUT2D eigenvalue weighted by Gasteiger charge is -2.08. The van der Waals surface area contributed by atoms with Crippen molar-refractivity contribution in [1.82, 2.24) is 9.97 Å². The smallest absolute Gasteiger partial charge is 0.148 e. The highest BCUT2D eigenvalue weighted by molar-refractivity contribution is 5.40. The van der Waals surface area contributed by atoms with Gasteiger partial charge in [0.2, 0.25) is 0 Å². The van der Waals surface area contributed by atoms with E-state index < -0.39 is 0 Å². The number of nitrogens with zero attached hydrogens (tertiary/aromatic N) is 2. The fourth-order valence-corrected chi connectivity index (χ4v) is 0.796. The Balaban J connectivity index is 2.77. The van der Waals surface area contributed by atoms with Crippen molar-refractivity contribution in [3.8, 4) is 12.3 Å². The van der Waals surface area contributed by atoms with E-state index in [1.165, 1.54) is 0 Å². The quantitative estimate of drug-likeness (QED) is 0.663. The SMILES string of the molecule is C#CC(C)Nc1nccnc1C. The molecule has 1 heterocycles. The van der Waals surface area contributed by atoms with Crippen molar-refractivity contribution < 1.29 is 0 Å². The van der Waals surface area contributed by atoms with Crippen LogP contribution < -0.4 is 5.32 Å². The fourth-order valence-electron chi connectivity index (χ4n) is 0.796. The van der Waals surface area contributed by atoms with Gasteiger partial charge in [-0.25, -0.2) is 4.98 Å². The molecule has 1 aromatic rings. The van der Waals surface area contributed by atoms with Crippen LogP contribution in [-0.2, 0) is 0 Å². The maximum absolute atomic E-state index is 5.21. The summed E-state index contributed by atoms with van der Waals surface area (Å²) in [5, 5.41) is 3.05. The molecule has 1 aromatic heterocycles. The van der Waals surface area contributed by atoms with Crippen LogP contribution in [0.3, 0.4) is 0 Å². The van der Waals surface area contributed by atoms with Gasteiger partial charge in [0, 0.05) is 12.4 Å². The van der Waals surface area contributed by atoms with Gasteiger partial charge < -0.3 is 5.32 Å². The summed E-state index contributed by atoms with van der Waals surface area (Å²) >= 11 is 0. The average molecular weight is 161 g/mol. The van der Waals surface area contributed by atoms with Gasteiger partial charge in [-0.2, -0.15) is 0 Å². The first-order valence-corrected chi connectivity index (χ1v) is 3.74. The lowest BCUT2D eigenvalue weighted by Crippen LogP contribution is -2.14. The Morgan fingerprint density at radius 1 is 1.50 bits per heavy atom. The van der Waals surface area contributed by atoms with Gasteiger partial charge in [-0.05, 0) is 13.8 Å². The zero-order valence-corrected chi connectivity index (χ0v) is 7.20. The second-order valence-corrected chi connectivity index (χ2v) is 2.52. The van der Waals surface area contributed by atoms with Crippen molar-refractivity contribution in [2.24, 2.45) is 0 Å². The van der Waals surface area contributed by atoms with Crippen LogP contribution in [-0.4, -0.2) is 16.0 Å². The van der Waals surface area contributed by atoms with Gasteiger partial charge in [-0.3, -0.25) is 4.98 Å². The maximum Gasteiger partial charge on any atom is 0.148 e. The van der Waals surface area contributed by atoms with E-state index in [-0.39, 0.29) is 6.04 Å². The number of rotatable bonds is 2. The second-order valence-electron chi connectivity index (χ2n) is 2.52. The zero-order chi connectivity index (χ0) is 8.97. The van der Waals surface area contributed by atoms with Crippen LogP contribution in [0.15, 0.2) is 12.4 Å². The first kappa shape index (κ1) is 8.54. The van der Waals surface area contributed by atoms with Crippen molar-refractivity contribution >= 4 is 5.82 Å². The van der Waals surface area contributed by atoms with E-state index >= 15 is 0 Å². The summed E-state index contributed by atoms with van der Waals surface area (Å²) in [6.07, 6.45) is 8.50. The van der Waals surface area contributed by atoms with E-state index in [1.54, 1.807) is 12.4 Å². The molecule has 0 aliphatic carbocycles. The van der Waals surface area contributed by atoms with Gasteiger partial charge in [0.15, 0.2) is 0 Å². The molecule has 0 aliphatic rings. The maximum atomic E-state index is 5.21. The molecule has 0 saturated heterocycles. The topological polar surface area (TPSA) is 37.8 Å². The van der Waals surface area contributed by atoms with Gasteiger partial charge in [0.25, 0.3) is 0 Å². The van der Waals surface area contributed by atoms with E-state index in [9.17, 15) is 0 Å². The summed E-state index contributed by atoms with van der Waals surface area (Å²) in [5.41, 5.74) is 0.861. The zero-order valence-electron chi connectivity index (χ0n) is 7.20. The molecule has 0 radical (unpaired) electrons. The van der Waals surface area contributed by atoms with Gasteiger partial charge >= 0.3 is 0 Å². The molecule has 0 aliphatic heterocycles. The number of hydrogen-bond acceptors (Lipinski definition) is 3. The molecular formula is C9H11N3. The summed E-state index contributed by atoms with van der Waals surface area (Å²) < 4.78 is 0. The average Bonchev–Trinajstić information content (AvgIpc) is 2.09. The Kier molecular flexibility index (Phi) is 2.65. The Bertz CT molecular complexity index is 301. The minimum atomic E-state index is -0.0135. The molecule has 62 valence electrons. The number of nitrogens with one attached hydrogen (secondary N) is 1. The lowest BCUT2D eigenvalue weighted by molar-refractivity contribution is 0.987. The molecule has 3 heteroatoms. The molecule has 0 fully saturated rings. The predicted molar refractivity (Wildman–Crippen MR) is 48.7 cm³/mol. The van der Waals surface area contributed by atoms with Gasteiger partial charge in [-0.1, -0.05) is 5.92 Å². The molecule has 3 nitrogen and oxygen atoms in total. The summed E-state index contributed by atoms with van der Waals surface area (Å²) in [5.74, 6) is 3.31. The number of aromatic nitrogens is 2. The molecule has 0 bridgehead atoms. The van der Waals surface area contributed by atoms with Crippen molar-refractivity contribution in [3.05, 3.63) is 18.1 Å². The van der Waals surface area contributed by atoms with E-state index in [1.807, 2.05) is 13.8 Å². The molecule has 0 saturated carbocycles. The minimum absolute atomic E-state index is 0.0135. The third-order valence-electron chi connectivity index (χ3n) is 1.48. The van der Waals surface area contributed by atoms with Crippen LogP contribution in [0.2, 0.25) is 0 Å². The molecule has 1 rings (SSSR count). The van der Waals surface area contributed by atoms with E-state index in [0.717, 1.165) is 11.5 Å². The number of anilines is 1. The number of terminal acetylenes is 1. The Labute approximate surface area is 72.2 Å². The lowest BCUT2D eigenvalue weighted by atomic mass is 10.3. The third-order valence-corrected chi connectivity index (χ3v) is 1.48. The molecule has 12 heavy (non-hydrogen) atoms. The minimum Gasteiger partial charge on any atom is -0.355 e. The van der Waals surface area contributed by atoms with Crippen molar-refractivity contribution in [2.75, 3.05) is 5.32 Å². The van der Waals surface area contributed by atoms with Gasteiger partial charge in [0.05, 0.1) is 11.7 Å². The molecule has 1 atom stereocenters. The van der Waals surface area contributed by atoms with Crippen molar-refractivity contribution in [2.45, 2.75) is 19.9 Å². The van der Waals surface area contributed by atoms with Crippen LogP contribution in [0.1, 0.15) is 12.6 Å².